The van der Waals surface area contributed by atoms with E-state index in [-0.39, 0.29) is 5.91 Å². The largest absolute Gasteiger partial charge is 0.312 e. The highest BCUT2D eigenvalue weighted by Crippen LogP contribution is 2.23. The molecule has 0 radical (unpaired) electrons. The van der Waals surface area contributed by atoms with E-state index in [1.54, 1.807) is 0 Å². The molecule has 0 N–H and O–H groups in total. The third kappa shape index (κ3) is 2.83. The molecular weight excluding hydrogens is 350 g/mol. The summed E-state index contributed by atoms with van der Waals surface area (Å²) in [4.78, 5) is 22.1. The number of allylic oxidation sites excluding steroid dienone is 1. The smallest absolute Gasteiger partial charge is 0.308 e. The van der Waals surface area contributed by atoms with Gasteiger partial charge in [-0.1, -0.05) is 41.7 Å². The summed E-state index contributed by atoms with van der Waals surface area (Å²) >= 11 is 2.89. The minimum atomic E-state index is -0.303. The molecule has 2 aromatic carbocycles. The Morgan fingerprint density at radius 1 is 1.20 bits per heavy atom. The van der Waals surface area contributed by atoms with Crippen molar-refractivity contribution in [3.8, 4) is 0 Å². The molecular formula is C19H15N3OS2. The maximum absolute atomic E-state index is 12.7. The first-order valence-corrected chi connectivity index (χ1v) is 9.45. The second-order valence-electron chi connectivity index (χ2n) is 5.61. The number of hydrogen-bond acceptors (Lipinski definition) is 4. The fraction of sp³-hybridized carbons (Fsp3) is 0.105. The van der Waals surface area contributed by atoms with E-state index in [1.807, 2.05) is 47.0 Å². The Kier molecular flexibility index (Phi) is 4.07. The number of rotatable bonds is 3. The van der Waals surface area contributed by atoms with Crippen LogP contribution in [0.15, 0.2) is 60.1 Å². The molecule has 6 heteroatoms. The minimum absolute atomic E-state index is 0.303. The monoisotopic (exact) mass is 365 g/mol. The van der Waals surface area contributed by atoms with Crippen molar-refractivity contribution in [2.24, 2.45) is 4.99 Å². The van der Waals surface area contributed by atoms with Crippen LogP contribution in [0.3, 0.4) is 0 Å². The van der Waals surface area contributed by atoms with Gasteiger partial charge in [-0.25, -0.2) is 4.98 Å². The van der Waals surface area contributed by atoms with Crippen LogP contribution >= 0.6 is 22.7 Å². The molecule has 0 aliphatic rings. The van der Waals surface area contributed by atoms with Crippen LogP contribution in [0.2, 0.25) is 0 Å². The minimum Gasteiger partial charge on any atom is -0.312 e. The van der Waals surface area contributed by atoms with Gasteiger partial charge in [-0.05, 0) is 30.7 Å². The van der Waals surface area contributed by atoms with Gasteiger partial charge in [0.15, 0.2) is 9.81 Å². The molecule has 124 valence electrons. The van der Waals surface area contributed by atoms with Gasteiger partial charge in [-0.15, -0.1) is 17.9 Å². The van der Waals surface area contributed by atoms with Gasteiger partial charge in [-0.3, -0.25) is 4.79 Å². The van der Waals surface area contributed by atoms with E-state index >= 15 is 0 Å². The number of fused-ring (bicyclic) bond motifs is 2. The molecule has 0 aliphatic heterocycles. The average Bonchev–Trinajstić information content (AvgIpc) is 3.18. The molecule has 0 atom stereocenters. The van der Waals surface area contributed by atoms with E-state index in [0.717, 1.165) is 26.0 Å². The zero-order valence-corrected chi connectivity index (χ0v) is 15.2. The zero-order chi connectivity index (χ0) is 17.4. The van der Waals surface area contributed by atoms with E-state index in [1.165, 1.54) is 22.7 Å². The van der Waals surface area contributed by atoms with Crippen molar-refractivity contribution in [1.82, 2.24) is 9.55 Å². The van der Waals surface area contributed by atoms with Crippen LogP contribution in [0.5, 0.6) is 0 Å². The molecule has 4 rings (SSSR count). The highest BCUT2D eigenvalue weighted by Gasteiger charge is 2.13. The number of carbonyl (C=O) groups excluding carboxylic acids is 1. The topological polar surface area (TPSA) is 47.2 Å². The van der Waals surface area contributed by atoms with Gasteiger partial charge in [0.05, 0.1) is 20.4 Å². The quantitative estimate of drug-likeness (QED) is 0.500. The van der Waals surface area contributed by atoms with E-state index in [4.69, 9.17) is 0 Å². The van der Waals surface area contributed by atoms with Crippen molar-refractivity contribution in [2.45, 2.75) is 13.5 Å². The number of aromatic nitrogens is 2. The second-order valence-corrected chi connectivity index (χ2v) is 7.65. The lowest BCUT2D eigenvalue weighted by Gasteiger charge is -2.03. The van der Waals surface area contributed by atoms with Crippen LogP contribution in [0.1, 0.15) is 15.4 Å². The molecule has 0 bridgehead atoms. The summed E-state index contributed by atoms with van der Waals surface area (Å²) in [5, 5.41) is 0.417. The van der Waals surface area contributed by atoms with Gasteiger partial charge < -0.3 is 4.57 Å². The highest BCUT2D eigenvalue weighted by atomic mass is 32.1. The normalized spacial score (nSPS) is 12.1. The molecule has 0 saturated heterocycles. The van der Waals surface area contributed by atoms with Gasteiger partial charge in [-0.2, -0.15) is 4.99 Å². The van der Waals surface area contributed by atoms with Gasteiger partial charge in [0.2, 0.25) is 0 Å². The van der Waals surface area contributed by atoms with Crippen LogP contribution in [0.4, 0.5) is 0 Å². The van der Waals surface area contributed by atoms with Gasteiger partial charge in [0.25, 0.3) is 0 Å². The summed E-state index contributed by atoms with van der Waals surface area (Å²) in [6, 6.07) is 13.9. The maximum atomic E-state index is 12.7. The van der Waals surface area contributed by atoms with Crippen molar-refractivity contribution in [3.05, 3.63) is 70.5 Å². The van der Waals surface area contributed by atoms with Crippen molar-refractivity contribution in [3.63, 3.8) is 0 Å². The van der Waals surface area contributed by atoms with Gasteiger partial charge >= 0.3 is 5.91 Å². The molecule has 0 saturated carbocycles. The summed E-state index contributed by atoms with van der Waals surface area (Å²) in [5.41, 5.74) is 3.09. The lowest BCUT2D eigenvalue weighted by Crippen LogP contribution is -2.16. The Labute approximate surface area is 152 Å². The van der Waals surface area contributed by atoms with Crippen LogP contribution in [-0.4, -0.2) is 15.5 Å². The van der Waals surface area contributed by atoms with Crippen molar-refractivity contribution in [1.29, 1.82) is 0 Å². The number of amides is 1. The third-order valence-electron chi connectivity index (χ3n) is 3.89. The lowest BCUT2D eigenvalue weighted by atomic mass is 10.2. The molecule has 25 heavy (non-hydrogen) atoms. The first kappa shape index (κ1) is 15.9. The molecule has 0 unspecified atom stereocenters. The van der Waals surface area contributed by atoms with Gasteiger partial charge in [0, 0.05) is 6.54 Å². The summed E-state index contributed by atoms with van der Waals surface area (Å²) in [6.45, 7) is 6.50. The predicted octanol–water partition coefficient (Wildman–Crippen LogP) is 4.55. The van der Waals surface area contributed by atoms with E-state index in [0.29, 0.717) is 16.4 Å². The molecule has 2 heterocycles. The fourth-order valence-corrected chi connectivity index (χ4v) is 4.76. The Morgan fingerprint density at radius 2 is 2.00 bits per heavy atom. The standard InChI is InChI=1S/C19H15N3OS2/c1-3-11-22-16-12(2)7-6-10-15(16)25-19(22)21-17(23)18-20-13-8-4-5-9-14(13)24-18/h3-10H,1,11H2,2H3. The third-order valence-corrected chi connectivity index (χ3v) is 5.96. The van der Waals surface area contributed by atoms with E-state index in [2.05, 4.69) is 29.5 Å². The maximum Gasteiger partial charge on any atom is 0.308 e. The molecule has 4 aromatic rings. The van der Waals surface area contributed by atoms with E-state index in [9.17, 15) is 4.79 Å². The van der Waals surface area contributed by atoms with Crippen molar-refractivity contribution < 1.29 is 4.79 Å². The van der Waals surface area contributed by atoms with Crippen molar-refractivity contribution >= 4 is 49.0 Å². The second kappa shape index (κ2) is 6.38. The van der Waals surface area contributed by atoms with Crippen LogP contribution in [0, 0.1) is 6.92 Å². The molecule has 0 fully saturated rings. The molecule has 0 aliphatic carbocycles. The number of aryl methyl sites for hydroxylation is 1. The first-order chi connectivity index (χ1) is 12.2. The summed E-state index contributed by atoms with van der Waals surface area (Å²) < 4.78 is 4.14. The zero-order valence-electron chi connectivity index (χ0n) is 13.6. The fourth-order valence-electron chi connectivity index (χ4n) is 2.79. The highest BCUT2D eigenvalue weighted by molar-refractivity contribution is 7.20. The number of hydrogen-bond donors (Lipinski definition) is 0. The Bertz CT molecular complexity index is 1150. The lowest BCUT2D eigenvalue weighted by molar-refractivity contribution is 0.0997. The number of benzene rings is 2. The molecule has 4 nitrogen and oxygen atoms in total. The number of carbonyl (C=O) groups is 1. The summed E-state index contributed by atoms with van der Waals surface area (Å²) in [7, 11) is 0. The number of nitrogens with zero attached hydrogens (tertiary/aromatic N) is 3. The number of para-hydroxylation sites is 2. The summed E-state index contributed by atoms with van der Waals surface area (Å²) in [6.07, 6.45) is 1.82. The Hall–Kier alpha value is -2.57. The molecule has 1 amide bonds. The SMILES string of the molecule is C=CCn1c(=NC(=O)c2nc3ccccc3s2)sc2cccc(C)c21. The van der Waals surface area contributed by atoms with Crippen molar-refractivity contribution in [2.75, 3.05) is 0 Å². The Morgan fingerprint density at radius 3 is 2.80 bits per heavy atom. The average molecular weight is 365 g/mol. The number of thiazole rings is 2. The predicted molar refractivity (Wildman–Crippen MR) is 104 cm³/mol. The molecule has 0 spiro atoms. The summed E-state index contributed by atoms with van der Waals surface area (Å²) in [5.74, 6) is -0.303. The Balaban J connectivity index is 1.87. The van der Waals surface area contributed by atoms with Crippen LogP contribution in [-0.2, 0) is 6.54 Å². The molecule has 2 aromatic heterocycles. The van der Waals surface area contributed by atoms with E-state index < -0.39 is 0 Å². The van der Waals surface area contributed by atoms with Crippen LogP contribution in [0.25, 0.3) is 20.4 Å². The van der Waals surface area contributed by atoms with Gasteiger partial charge in [0.1, 0.15) is 0 Å². The van der Waals surface area contributed by atoms with Crippen LogP contribution < -0.4 is 4.80 Å². The first-order valence-electron chi connectivity index (χ1n) is 7.82.